The third-order valence-electron chi connectivity index (χ3n) is 6.68. The van der Waals surface area contributed by atoms with Gasteiger partial charge in [-0.25, -0.2) is 9.78 Å². The van der Waals surface area contributed by atoms with Crippen LogP contribution in [0.15, 0.2) is 34.9 Å². The monoisotopic (exact) mass is 553 g/mol. The first-order chi connectivity index (χ1) is 17.2. The molecule has 3 aromatic heterocycles. The minimum absolute atomic E-state index is 0.0208. The number of hydrogen-bond acceptors (Lipinski definition) is 8. The van der Waals surface area contributed by atoms with E-state index in [1.807, 2.05) is 45.0 Å². The third kappa shape index (κ3) is 4.34. The Hall–Kier alpha value is -3.41. The molecule has 1 aromatic carbocycles. The smallest absolute Gasteiger partial charge is 0.407 e. The van der Waals surface area contributed by atoms with Gasteiger partial charge in [0.15, 0.2) is 5.65 Å². The number of amides is 1. The van der Waals surface area contributed by atoms with E-state index in [0.29, 0.717) is 30.6 Å². The van der Waals surface area contributed by atoms with Crippen LogP contribution in [0.1, 0.15) is 39.4 Å². The molecule has 0 bridgehead atoms. The molecule has 4 aromatic rings. The van der Waals surface area contributed by atoms with Crippen LogP contribution in [0.25, 0.3) is 16.7 Å². The molecule has 1 amide bonds. The highest BCUT2D eigenvalue weighted by atomic mass is 79.9. The Morgan fingerprint density at radius 2 is 2.06 bits per heavy atom. The number of nitrogens with one attached hydrogen (secondary N) is 3. The number of aromatic nitrogens is 6. The molecule has 11 nitrogen and oxygen atoms in total. The number of fused-ring (bicyclic) bond motifs is 2. The van der Waals surface area contributed by atoms with Crippen LogP contribution in [0.3, 0.4) is 0 Å². The molecule has 6 rings (SSSR count). The lowest BCUT2D eigenvalue weighted by Crippen LogP contribution is -2.44. The molecule has 0 radical (unpaired) electrons. The summed E-state index contributed by atoms with van der Waals surface area (Å²) in [6.07, 6.45) is 3.43. The lowest BCUT2D eigenvalue weighted by Gasteiger charge is -2.23. The van der Waals surface area contributed by atoms with E-state index >= 15 is 0 Å². The summed E-state index contributed by atoms with van der Waals surface area (Å²) in [7, 11) is 0. The maximum Gasteiger partial charge on any atom is 0.407 e. The van der Waals surface area contributed by atoms with Crippen molar-refractivity contribution in [3.05, 3.63) is 40.8 Å². The Labute approximate surface area is 216 Å². The summed E-state index contributed by atoms with van der Waals surface area (Å²) in [6.45, 7) is 7.44. The van der Waals surface area contributed by atoms with E-state index < -0.39 is 5.60 Å². The summed E-state index contributed by atoms with van der Waals surface area (Å²) in [5.74, 6) is 1.96. The van der Waals surface area contributed by atoms with Crippen molar-refractivity contribution in [2.75, 3.05) is 23.3 Å². The number of carbonyl (C=O) groups is 1. The van der Waals surface area contributed by atoms with Gasteiger partial charge in [0.25, 0.3) is 0 Å². The quantitative estimate of drug-likeness (QED) is 0.340. The van der Waals surface area contributed by atoms with E-state index in [2.05, 4.69) is 46.5 Å². The van der Waals surface area contributed by atoms with Gasteiger partial charge in [-0.1, -0.05) is 12.1 Å². The van der Waals surface area contributed by atoms with Crippen LogP contribution in [0.4, 0.5) is 16.7 Å². The van der Waals surface area contributed by atoms with Crippen molar-refractivity contribution in [3.8, 4) is 0 Å². The summed E-state index contributed by atoms with van der Waals surface area (Å²) < 4.78 is 7.96. The fourth-order valence-corrected chi connectivity index (χ4v) is 5.13. The van der Waals surface area contributed by atoms with Gasteiger partial charge in [-0.05, 0) is 61.7 Å². The summed E-state index contributed by atoms with van der Waals surface area (Å²) in [5.41, 5.74) is 2.06. The Morgan fingerprint density at radius 1 is 1.25 bits per heavy atom. The van der Waals surface area contributed by atoms with Crippen LogP contribution < -0.4 is 15.5 Å². The highest BCUT2D eigenvalue weighted by molar-refractivity contribution is 9.10. The maximum atomic E-state index is 12.5. The number of aromatic amines is 1. The topological polar surface area (TPSA) is 125 Å². The minimum atomic E-state index is -0.540. The number of nitrogens with zero attached hydrogens (tertiary/aromatic N) is 6. The van der Waals surface area contributed by atoms with Crippen molar-refractivity contribution in [2.45, 2.75) is 51.8 Å². The molecule has 188 valence electrons. The molecular weight excluding hydrogens is 526 g/mol. The number of rotatable bonds is 5. The minimum Gasteiger partial charge on any atom is -0.444 e. The third-order valence-corrected chi connectivity index (χ3v) is 7.24. The lowest BCUT2D eigenvalue weighted by atomic mass is 10.0. The van der Waals surface area contributed by atoms with Crippen LogP contribution in [0.5, 0.6) is 0 Å². The van der Waals surface area contributed by atoms with E-state index in [1.54, 1.807) is 10.7 Å². The van der Waals surface area contributed by atoms with Crippen molar-refractivity contribution in [1.82, 2.24) is 34.9 Å². The summed E-state index contributed by atoms with van der Waals surface area (Å²) >= 11 is 3.56. The van der Waals surface area contributed by atoms with Gasteiger partial charge in [0.1, 0.15) is 11.4 Å². The van der Waals surface area contributed by atoms with Crippen molar-refractivity contribution in [1.29, 1.82) is 0 Å². The normalized spacial score (nSPS) is 18.8. The molecule has 1 aliphatic carbocycles. The predicted molar refractivity (Wildman–Crippen MR) is 139 cm³/mol. The Kier molecular flexibility index (Phi) is 5.32. The van der Waals surface area contributed by atoms with Crippen LogP contribution >= 0.6 is 15.9 Å². The molecule has 4 heterocycles. The molecule has 12 heteroatoms. The molecular formula is C24H28BrN9O2. The zero-order valence-electron chi connectivity index (χ0n) is 20.4. The molecule has 2 aliphatic rings. The maximum absolute atomic E-state index is 12.5. The fourth-order valence-electron chi connectivity index (χ4n) is 4.78. The van der Waals surface area contributed by atoms with Gasteiger partial charge in [-0.2, -0.15) is 19.6 Å². The molecule has 2 fully saturated rings. The second kappa shape index (κ2) is 8.32. The van der Waals surface area contributed by atoms with E-state index in [1.165, 1.54) is 0 Å². The summed E-state index contributed by atoms with van der Waals surface area (Å²) in [5, 5.41) is 10.9. The molecule has 1 spiro atoms. The van der Waals surface area contributed by atoms with Gasteiger partial charge >= 0.3 is 6.09 Å². The fraction of sp³-hybridized carbons (Fsp3) is 0.458. The first-order valence-corrected chi connectivity index (χ1v) is 12.8. The molecule has 1 saturated heterocycles. The summed E-state index contributed by atoms with van der Waals surface area (Å²) in [4.78, 5) is 32.2. The largest absolute Gasteiger partial charge is 0.444 e. The first kappa shape index (κ1) is 23.0. The van der Waals surface area contributed by atoms with Gasteiger partial charge in [0.05, 0.1) is 34.3 Å². The van der Waals surface area contributed by atoms with Gasteiger partial charge < -0.3 is 25.3 Å². The Balaban J connectivity index is 1.24. The number of hydrogen-bond donors (Lipinski definition) is 3. The average molecular weight is 554 g/mol. The summed E-state index contributed by atoms with van der Waals surface area (Å²) in [6, 6.07) is 7.90. The molecule has 1 atom stereocenters. The van der Waals surface area contributed by atoms with Crippen molar-refractivity contribution in [2.24, 2.45) is 5.41 Å². The zero-order chi connectivity index (χ0) is 25.1. The van der Waals surface area contributed by atoms with Gasteiger partial charge in [-0.15, -0.1) is 0 Å². The number of imidazole rings is 1. The second-order valence-corrected chi connectivity index (χ2v) is 11.4. The molecule has 3 N–H and O–H groups in total. The standard InChI is InChI=1S/C24H28BrN9O2/c1-23(2,3)36-22(35)30-17-12-33(13-24(17)8-9-24)21-31-19-14(25)10-27-34(19)20(32-21)26-11-18-28-15-6-4-5-7-16(15)29-18/h4-7,10,17H,8-9,11-13H2,1-3H3,(H,28,29)(H,30,35)(H,26,31,32)/t17-/m0/s1. The lowest BCUT2D eigenvalue weighted by molar-refractivity contribution is 0.0493. The number of benzene rings is 1. The molecule has 36 heavy (non-hydrogen) atoms. The van der Waals surface area contributed by atoms with Crippen LogP contribution in [0, 0.1) is 5.41 Å². The van der Waals surface area contributed by atoms with Crippen LogP contribution in [0.2, 0.25) is 0 Å². The number of anilines is 2. The van der Waals surface area contributed by atoms with Crippen molar-refractivity contribution in [3.63, 3.8) is 0 Å². The molecule has 0 unspecified atom stereocenters. The number of halogens is 1. The van der Waals surface area contributed by atoms with E-state index in [4.69, 9.17) is 14.7 Å². The number of ether oxygens (including phenoxy) is 1. The van der Waals surface area contributed by atoms with Gasteiger partial charge in [-0.3, -0.25) is 0 Å². The Bertz CT molecular complexity index is 1420. The van der Waals surface area contributed by atoms with E-state index in [0.717, 1.165) is 40.7 Å². The zero-order valence-corrected chi connectivity index (χ0v) is 22.0. The SMILES string of the molecule is CC(C)(C)OC(=O)N[C@H]1CN(c2nc(NCc3nc4ccccc4[nH]3)n3ncc(Br)c3n2)CC12CC2. The highest BCUT2D eigenvalue weighted by Gasteiger charge is 2.56. The Morgan fingerprint density at radius 3 is 2.81 bits per heavy atom. The average Bonchev–Trinajstić information content (AvgIpc) is 3.14. The van der Waals surface area contributed by atoms with Crippen molar-refractivity contribution < 1.29 is 9.53 Å². The van der Waals surface area contributed by atoms with Crippen LogP contribution in [-0.4, -0.2) is 60.4 Å². The molecule has 1 aliphatic heterocycles. The van der Waals surface area contributed by atoms with Gasteiger partial charge in [0.2, 0.25) is 11.9 Å². The second-order valence-electron chi connectivity index (χ2n) is 10.6. The number of H-pyrrole nitrogens is 1. The van der Waals surface area contributed by atoms with Crippen LogP contribution in [-0.2, 0) is 11.3 Å². The van der Waals surface area contributed by atoms with E-state index in [9.17, 15) is 4.79 Å². The van der Waals surface area contributed by atoms with E-state index in [-0.39, 0.29) is 17.6 Å². The number of alkyl carbamates (subject to hydrolysis) is 1. The number of para-hydroxylation sites is 2. The highest BCUT2D eigenvalue weighted by Crippen LogP contribution is 2.53. The van der Waals surface area contributed by atoms with Gasteiger partial charge in [0, 0.05) is 18.5 Å². The first-order valence-electron chi connectivity index (χ1n) is 12.0. The molecule has 1 saturated carbocycles. The number of carbonyl (C=O) groups excluding carboxylic acids is 1. The predicted octanol–water partition coefficient (Wildman–Crippen LogP) is 3.87. The van der Waals surface area contributed by atoms with Crippen molar-refractivity contribution >= 4 is 50.6 Å².